The molecule has 1 aromatic carbocycles. The standard InChI is InChI=1S/C20H22F2N4O/c1-11-6-17(24-23-11)20(27)26-10-16(13-7-14(21)9-15(22)8-13)19-18(26)12-2-4-25(19)5-3-12/h6-9,12,16,18-19H,2-5,10H2,1H3,(H,23,24)/t16-,18-,19-/m1/s1. The average molecular weight is 372 g/mol. The Morgan fingerprint density at radius 1 is 1.11 bits per heavy atom. The number of halogens is 2. The highest BCUT2D eigenvalue weighted by atomic mass is 19.1. The quantitative estimate of drug-likeness (QED) is 0.882. The molecule has 2 bridgehead atoms. The predicted molar refractivity (Wildman–Crippen MR) is 95.3 cm³/mol. The summed E-state index contributed by atoms with van der Waals surface area (Å²) in [6.45, 7) is 4.31. The highest BCUT2D eigenvalue weighted by Gasteiger charge is 2.55. The first-order chi connectivity index (χ1) is 13.0. The minimum absolute atomic E-state index is 0.0772. The minimum atomic E-state index is -0.565. The van der Waals surface area contributed by atoms with Crippen LogP contribution in [0.2, 0.25) is 0 Å². The third-order valence-corrected chi connectivity index (χ3v) is 6.49. The summed E-state index contributed by atoms with van der Waals surface area (Å²) in [6, 6.07) is 5.69. The fourth-order valence-electron chi connectivity index (χ4n) is 5.41. The Labute approximate surface area is 156 Å². The Bertz CT molecular complexity index is 870. The van der Waals surface area contributed by atoms with Crippen molar-refractivity contribution in [3.63, 3.8) is 0 Å². The van der Waals surface area contributed by atoms with Crippen LogP contribution in [0.25, 0.3) is 0 Å². The van der Waals surface area contributed by atoms with Gasteiger partial charge in [-0.1, -0.05) is 0 Å². The summed E-state index contributed by atoms with van der Waals surface area (Å²) in [5.41, 5.74) is 1.89. The van der Waals surface area contributed by atoms with Crippen LogP contribution in [0.15, 0.2) is 24.3 Å². The Kier molecular flexibility index (Phi) is 3.82. The first-order valence-electron chi connectivity index (χ1n) is 9.54. The number of benzene rings is 1. The minimum Gasteiger partial charge on any atom is -0.332 e. The second-order valence-corrected chi connectivity index (χ2v) is 8.06. The number of rotatable bonds is 2. The van der Waals surface area contributed by atoms with Crippen LogP contribution in [0, 0.1) is 24.5 Å². The molecular formula is C20H22F2N4O. The summed E-state index contributed by atoms with van der Waals surface area (Å²) in [6.07, 6.45) is 2.13. The van der Waals surface area contributed by atoms with Crippen molar-refractivity contribution in [3.8, 4) is 0 Å². The fraction of sp³-hybridized carbons (Fsp3) is 0.500. The maximum Gasteiger partial charge on any atom is 0.274 e. The molecule has 4 fully saturated rings. The van der Waals surface area contributed by atoms with Crippen molar-refractivity contribution in [2.75, 3.05) is 19.6 Å². The van der Waals surface area contributed by atoms with Crippen molar-refractivity contribution >= 4 is 5.91 Å². The summed E-state index contributed by atoms with van der Waals surface area (Å²) < 4.78 is 27.7. The smallest absolute Gasteiger partial charge is 0.274 e. The third kappa shape index (κ3) is 2.67. The van der Waals surface area contributed by atoms with Gasteiger partial charge < -0.3 is 4.90 Å². The van der Waals surface area contributed by atoms with Gasteiger partial charge in [0.25, 0.3) is 5.91 Å². The molecule has 4 aliphatic rings. The van der Waals surface area contributed by atoms with E-state index in [1.54, 1.807) is 6.07 Å². The molecule has 5 heterocycles. The Hall–Kier alpha value is -2.28. The number of aromatic nitrogens is 2. The zero-order valence-corrected chi connectivity index (χ0v) is 15.2. The van der Waals surface area contributed by atoms with E-state index < -0.39 is 11.6 Å². The molecule has 4 saturated heterocycles. The summed E-state index contributed by atoms with van der Waals surface area (Å²) in [7, 11) is 0. The first kappa shape index (κ1) is 16.9. The number of nitrogens with one attached hydrogen (secondary N) is 1. The molecule has 0 unspecified atom stereocenters. The van der Waals surface area contributed by atoms with Gasteiger partial charge in [-0.05, 0) is 62.5 Å². The lowest BCUT2D eigenvalue weighted by molar-refractivity contribution is -0.00361. The van der Waals surface area contributed by atoms with Crippen molar-refractivity contribution in [3.05, 3.63) is 52.9 Å². The fourth-order valence-corrected chi connectivity index (χ4v) is 5.41. The van der Waals surface area contributed by atoms with Crippen LogP contribution < -0.4 is 0 Å². The number of aryl methyl sites for hydroxylation is 1. The number of aromatic amines is 1. The second kappa shape index (κ2) is 6.12. The average Bonchev–Trinajstić information content (AvgIpc) is 3.26. The Morgan fingerprint density at radius 2 is 1.81 bits per heavy atom. The number of nitrogens with zero attached hydrogens (tertiary/aromatic N) is 3. The molecule has 0 saturated carbocycles. The molecule has 2 aromatic rings. The summed E-state index contributed by atoms with van der Waals surface area (Å²) in [5.74, 6) is -0.877. The first-order valence-corrected chi connectivity index (χ1v) is 9.54. The van der Waals surface area contributed by atoms with Crippen LogP contribution in [0.5, 0.6) is 0 Å². The van der Waals surface area contributed by atoms with Gasteiger partial charge in [0.1, 0.15) is 17.3 Å². The van der Waals surface area contributed by atoms with E-state index >= 15 is 0 Å². The van der Waals surface area contributed by atoms with Crippen LogP contribution in [-0.4, -0.2) is 57.6 Å². The van der Waals surface area contributed by atoms with Gasteiger partial charge in [0.15, 0.2) is 0 Å². The molecule has 0 radical (unpaired) electrons. The highest BCUT2D eigenvalue weighted by Crippen LogP contribution is 2.47. The van der Waals surface area contributed by atoms with E-state index in [-0.39, 0.29) is 23.9 Å². The molecule has 1 amide bonds. The van der Waals surface area contributed by atoms with Crippen LogP contribution in [-0.2, 0) is 0 Å². The van der Waals surface area contributed by atoms with Gasteiger partial charge >= 0.3 is 0 Å². The lowest BCUT2D eigenvalue weighted by Crippen LogP contribution is -2.60. The van der Waals surface area contributed by atoms with Crippen molar-refractivity contribution in [2.45, 2.75) is 37.8 Å². The van der Waals surface area contributed by atoms with Crippen LogP contribution >= 0.6 is 0 Å². The number of hydrogen-bond acceptors (Lipinski definition) is 3. The molecule has 0 aliphatic carbocycles. The molecular weight excluding hydrogens is 350 g/mol. The number of hydrogen-bond donors (Lipinski definition) is 1. The largest absolute Gasteiger partial charge is 0.332 e. The molecule has 1 N–H and O–H groups in total. The molecule has 4 aliphatic heterocycles. The van der Waals surface area contributed by atoms with Gasteiger partial charge in [0.2, 0.25) is 0 Å². The lowest BCUT2D eigenvalue weighted by Gasteiger charge is -2.51. The van der Waals surface area contributed by atoms with Gasteiger partial charge in [-0.15, -0.1) is 0 Å². The normalized spacial score (nSPS) is 32.0. The zero-order valence-electron chi connectivity index (χ0n) is 15.2. The Balaban J connectivity index is 1.54. The van der Waals surface area contributed by atoms with E-state index in [2.05, 4.69) is 15.1 Å². The molecule has 0 spiro atoms. The predicted octanol–water partition coefficient (Wildman–Crippen LogP) is 2.70. The number of piperidine rings is 3. The number of H-pyrrole nitrogens is 1. The molecule has 3 atom stereocenters. The third-order valence-electron chi connectivity index (χ3n) is 6.49. The lowest BCUT2D eigenvalue weighted by atomic mass is 9.75. The van der Waals surface area contributed by atoms with Crippen molar-refractivity contribution in [1.82, 2.24) is 20.0 Å². The van der Waals surface area contributed by atoms with E-state index in [1.807, 2.05) is 11.8 Å². The highest BCUT2D eigenvalue weighted by molar-refractivity contribution is 5.93. The van der Waals surface area contributed by atoms with Gasteiger partial charge in [0, 0.05) is 30.3 Å². The van der Waals surface area contributed by atoms with Crippen LogP contribution in [0.4, 0.5) is 8.78 Å². The van der Waals surface area contributed by atoms with Crippen molar-refractivity contribution < 1.29 is 13.6 Å². The number of amides is 1. The van der Waals surface area contributed by atoms with E-state index in [1.165, 1.54) is 12.1 Å². The van der Waals surface area contributed by atoms with Crippen molar-refractivity contribution in [2.24, 2.45) is 5.92 Å². The SMILES string of the molecule is Cc1cc(C(=O)N2C[C@H](c3cc(F)cc(F)c3)[C@@H]3[C@H]2C2CCN3CC2)n[nH]1. The number of likely N-dealkylation sites (tertiary alicyclic amines) is 1. The van der Waals surface area contributed by atoms with Gasteiger partial charge in [0.05, 0.1) is 6.04 Å². The van der Waals surface area contributed by atoms with E-state index in [9.17, 15) is 13.6 Å². The number of carbonyl (C=O) groups excluding carboxylic acids is 1. The number of fused-ring (bicyclic) bond motifs is 2. The molecule has 1 aromatic heterocycles. The Morgan fingerprint density at radius 3 is 2.44 bits per heavy atom. The number of carbonyl (C=O) groups is 1. The maximum absolute atomic E-state index is 13.9. The second-order valence-electron chi connectivity index (χ2n) is 8.06. The maximum atomic E-state index is 13.9. The van der Waals surface area contributed by atoms with Gasteiger partial charge in [-0.3, -0.25) is 14.8 Å². The van der Waals surface area contributed by atoms with E-state index in [0.29, 0.717) is 23.7 Å². The van der Waals surface area contributed by atoms with E-state index in [0.717, 1.165) is 37.7 Å². The summed E-state index contributed by atoms with van der Waals surface area (Å²) in [5, 5.41) is 6.97. The summed E-state index contributed by atoms with van der Waals surface area (Å²) >= 11 is 0. The molecule has 142 valence electrons. The topological polar surface area (TPSA) is 52.2 Å². The van der Waals surface area contributed by atoms with Gasteiger partial charge in [-0.2, -0.15) is 5.10 Å². The van der Waals surface area contributed by atoms with Gasteiger partial charge in [-0.25, -0.2) is 8.78 Å². The van der Waals surface area contributed by atoms with Crippen LogP contribution in [0.1, 0.15) is 40.5 Å². The van der Waals surface area contributed by atoms with Crippen molar-refractivity contribution in [1.29, 1.82) is 0 Å². The zero-order chi connectivity index (χ0) is 18.7. The molecule has 5 nitrogen and oxygen atoms in total. The molecule has 27 heavy (non-hydrogen) atoms. The monoisotopic (exact) mass is 372 g/mol. The van der Waals surface area contributed by atoms with E-state index in [4.69, 9.17) is 0 Å². The summed E-state index contributed by atoms with van der Waals surface area (Å²) in [4.78, 5) is 17.5. The molecule has 7 heteroatoms. The molecule has 6 rings (SSSR count). The van der Waals surface area contributed by atoms with Crippen LogP contribution in [0.3, 0.4) is 0 Å².